The molecule has 0 unspecified atom stereocenters. The number of alkyl halides is 3. The minimum absolute atomic E-state index is 0. The Morgan fingerprint density at radius 1 is 1.11 bits per heavy atom. The summed E-state index contributed by atoms with van der Waals surface area (Å²) in [5.41, 5.74) is -5.76. The Morgan fingerprint density at radius 3 is 1.22 bits per heavy atom. The summed E-state index contributed by atoms with van der Waals surface area (Å²) in [4.78, 5) is 0. The minimum atomic E-state index is -6.34. The second kappa shape index (κ2) is 2.46. The number of rotatable bonds is 0. The van der Waals surface area contributed by atoms with Crippen molar-refractivity contribution in [2.75, 3.05) is 0 Å². The van der Waals surface area contributed by atoms with Crippen LogP contribution in [0.5, 0.6) is 0 Å². The van der Waals surface area contributed by atoms with Crippen LogP contribution in [0.4, 0.5) is 21.8 Å². The summed E-state index contributed by atoms with van der Waals surface area (Å²) in [6, 6.07) is 0. The lowest BCUT2D eigenvalue weighted by molar-refractivity contribution is -0.0478. The summed E-state index contributed by atoms with van der Waals surface area (Å²) >= 11 is 0. The van der Waals surface area contributed by atoms with Gasteiger partial charge in [0.15, 0.2) is 0 Å². The van der Waals surface area contributed by atoms with Crippen molar-refractivity contribution in [2.45, 2.75) is 5.51 Å². The maximum Gasteiger partial charge on any atom is 0.527 e. The van der Waals surface area contributed by atoms with E-state index in [1.807, 2.05) is 0 Å². The first-order chi connectivity index (χ1) is 3.25. The van der Waals surface area contributed by atoms with Crippen LogP contribution in [0, 0.1) is 0 Å². The highest BCUT2D eigenvalue weighted by molar-refractivity contribution is 7.87. The second-order valence-electron chi connectivity index (χ2n) is 0.884. The van der Waals surface area contributed by atoms with E-state index in [0.29, 0.717) is 0 Å². The molecule has 0 aromatic carbocycles. The van der Waals surface area contributed by atoms with Gasteiger partial charge >= 0.3 is 15.7 Å². The van der Waals surface area contributed by atoms with E-state index in [4.69, 9.17) is 8.42 Å². The first kappa shape index (κ1) is 11.4. The van der Waals surface area contributed by atoms with Crippen molar-refractivity contribution < 1.29 is 30.2 Å². The highest BCUT2D eigenvalue weighted by Gasteiger charge is 2.46. The van der Waals surface area contributed by atoms with Crippen molar-refractivity contribution >= 4 is 10.2 Å². The lowest BCUT2D eigenvalue weighted by atomic mass is 11.6. The van der Waals surface area contributed by atoms with Gasteiger partial charge in [-0.25, -0.2) is 0 Å². The Hall–Kier alpha value is -0.400. The number of hydrogen-bond acceptors (Lipinski definition) is 2. The van der Waals surface area contributed by atoms with Crippen LogP contribution in [-0.2, 0) is 10.2 Å². The Labute approximate surface area is 47.1 Å². The van der Waals surface area contributed by atoms with Crippen LogP contribution in [0.3, 0.4) is 0 Å². The summed E-state index contributed by atoms with van der Waals surface area (Å²) < 4.78 is 60.3. The fourth-order valence-corrected chi connectivity index (χ4v) is 0. The Bertz CT molecular complexity index is 164. The minimum Gasteiger partial charge on any atom is -0.269 e. The van der Waals surface area contributed by atoms with Crippen molar-refractivity contribution in [1.82, 2.24) is 0 Å². The monoisotopic (exact) mass is 172 g/mol. The molecule has 0 aliphatic rings. The van der Waals surface area contributed by atoms with Crippen molar-refractivity contribution in [1.29, 1.82) is 0 Å². The zero-order valence-corrected chi connectivity index (χ0v) is 4.46. The van der Waals surface area contributed by atoms with Gasteiger partial charge in [-0.2, -0.15) is 21.6 Å². The van der Waals surface area contributed by atoms with Crippen LogP contribution in [0.1, 0.15) is 0 Å². The van der Waals surface area contributed by atoms with Crippen LogP contribution < -0.4 is 0 Å². The van der Waals surface area contributed by atoms with Crippen LogP contribution in [0.2, 0.25) is 0 Å². The van der Waals surface area contributed by atoms with Gasteiger partial charge in [0.05, 0.1) is 0 Å². The fourth-order valence-electron chi connectivity index (χ4n) is 0. The van der Waals surface area contributed by atoms with Gasteiger partial charge in [-0.1, -0.05) is 3.89 Å². The quantitative estimate of drug-likeness (QED) is 0.402. The molecule has 0 bridgehead atoms. The highest BCUT2D eigenvalue weighted by atomic mass is 32.3. The smallest absolute Gasteiger partial charge is 0.269 e. The van der Waals surface area contributed by atoms with E-state index in [9.17, 15) is 17.1 Å². The normalized spacial score (nSPS) is 12.4. The predicted molar refractivity (Wildman–Crippen MR) is 18.6 cm³/mol. The predicted octanol–water partition coefficient (Wildman–Crippen LogP) is 0.958. The molecule has 0 aromatic heterocycles. The summed E-state index contributed by atoms with van der Waals surface area (Å²) in [5, 5.41) is 0. The van der Waals surface area contributed by atoms with Gasteiger partial charge in [0, 0.05) is 0 Å². The first-order valence-electron chi connectivity index (χ1n) is 1.26. The van der Waals surface area contributed by atoms with E-state index in [0.717, 1.165) is 0 Å². The molecule has 0 rings (SSSR count). The molecule has 0 saturated carbocycles. The van der Waals surface area contributed by atoms with Crippen molar-refractivity contribution in [3.8, 4) is 0 Å². The maximum absolute atomic E-state index is 10.7. The van der Waals surface area contributed by atoms with Crippen LogP contribution in [-0.4, -0.2) is 13.9 Å². The van der Waals surface area contributed by atoms with Gasteiger partial charge in [-0.05, 0) is 0 Å². The molecule has 0 fully saturated rings. The molecular formula is CHF5O2S. The van der Waals surface area contributed by atoms with E-state index in [2.05, 4.69) is 0 Å². The van der Waals surface area contributed by atoms with E-state index in [-0.39, 0.29) is 4.70 Å². The van der Waals surface area contributed by atoms with E-state index >= 15 is 0 Å². The first-order valence-corrected chi connectivity index (χ1v) is 2.64. The average Bonchev–Trinajstić information content (AvgIpc) is 1.25. The topological polar surface area (TPSA) is 34.1 Å². The molecule has 8 heteroatoms. The van der Waals surface area contributed by atoms with Gasteiger partial charge in [0.2, 0.25) is 0 Å². The zero-order chi connectivity index (χ0) is 7.00. The zero-order valence-electron chi connectivity index (χ0n) is 3.64. The molecule has 0 aliphatic carbocycles. The van der Waals surface area contributed by atoms with Gasteiger partial charge in [-0.15, -0.1) is 0 Å². The molecule has 0 amide bonds. The molecule has 9 heavy (non-hydrogen) atoms. The highest BCUT2D eigenvalue weighted by Crippen LogP contribution is 2.23. The summed E-state index contributed by atoms with van der Waals surface area (Å²) in [5.74, 6) is 0. The second-order valence-corrected chi connectivity index (χ2v) is 2.22. The molecule has 58 valence electrons. The summed E-state index contributed by atoms with van der Waals surface area (Å²) in [6.07, 6.45) is 0. The van der Waals surface area contributed by atoms with Crippen LogP contribution in [0.25, 0.3) is 0 Å². The molecule has 0 atom stereocenters. The van der Waals surface area contributed by atoms with E-state index in [1.54, 1.807) is 0 Å². The summed E-state index contributed by atoms with van der Waals surface area (Å²) in [6.45, 7) is 0. The molecule has 0 radical (unpaired) electrons. The van der Waals surface area contributed by atoms with Gasteiger partial charge in [-0.3, -0.25) is 4.70 Å². The van der Waals surface area contributed by atoms with Gasteiger partial charge < -0.3 is 0 Å². The van der Waals surface area contributed by atoms with Gasteiger partial charge in [0.1, 0.15) is 0 Å². The largest absolute Gasteiger partial charge is 0.527 e. The Balaban J connectivity index is 0. The van der Waals surface area contributed by atoms with Gasteiger partial charge in [0.25, 0.3) is 0 Å². The molecular weight excluding hydrogens is 171 g/mol. The van der Waals surface area contributed by atoms with Crippen LogP contribution >= 0.6 is 0 Å². The Morgan fingerprint density at radius 2 is 1.22 bits per heavy atom. The Kier molecular flexibility index (Phi) is 3.12. The lowest BCUT2D eigenvalue weighted by Gasteiger charge is -1.95. The maximum atomic E-state index is 10.7. The number of halogens is 5. The molecule has 0 aliphatic heterocycles. The molecule has 2 nitrogen and oxygen atoms in total. The molecule has 0 heterocycles. The molecule has 0 saturated heterocycles. The van der Waals surface area contributed by atoms with E-state index in [1.165, 1.54) is 0 Å². The summed E-state index contributed by atoms with van der Waals surface area (Å²) in [7, 11) is -6.34. The third-order valence-electron chi connectivity index (χ3n) is 0.276. The van der Waals surface area contributed by atoms with E-state index < -0.39 is 15.7 Å². The molecule has 0 N–H and O–H groups in total. The number of hydrogen-bond donors (Lipinski definition) is 0. The average molecular weight is 172 g/mol. The molecule has 0 spiro atoms. The SMILES string of the molecule is F.O=S(=O)(F)C(F)(F)F. The van der Waals surface area contributed by atoms with Crippen LogP contribution in [0.15, 0.2) is 0 Å². The molecule has 0 aromatic rings. The van der Waals surface area contributed by atoms with Crippen molar-refractivity contribution in [2.24, 2.45) is 0 Å². The standard InChI is InChI=1S/CF4O2S.FH/c2-1(3,4)8(5,6)7;/h;1H. The third kappa shape index (κ3) is 3.22. The van der Waals surface area contributed by atoms with Crippen molar-refractivity contribution in [3.63, 3.8) is 0 Å². The third-order valence-corrected chi connectivity index (χ3v) is 0.829. The lowest BCUT2D eigenvalue weighted by Crippen LogP contribution is -2.17. The van der Waals surface area contributed by atoms with Crippen molar-refractivity contribution in [3.05, 3.63) is 0 Å². The fraction of sp³-hybridized carbons (Fsp3) is 1.00.